The van der Waals surface area contributed by atoms with Crippen molar-refractivity contribution in [2.75, 3.05) is 0 Å². The van der Waals surface area contributed by atoms with Crippen LogP contribution in [0.4, 0.5) is 0 Å². The van der Waals surface area contributed by atoms with Crippen LogP contribution in [0.2, 0.25) is 0 Å². The number of hydrogen-bond acceptors (Lipinski definition) is 1. The van der Waals surface area contributed by atoms with Gasteiger partial charge in [-0.15, -0.1) is 0 Å². The van der Waals surface area contributed by atoms with Crippen molar-refractivity contribution >= 4 is 13.7 Å². The van der Waals surface area contributed by atoms with E-state index in [1.54, 1.807) is 0 Å². The summed E-state index contributed by atoms with van der Waals surface area (Å²) in [6.45, 7) is 21.0. The summed E-state index contributed by atoms with van der Waals surface area (Å²) >= 11 is 0. The van der Waals surface area contributed by atoms with E-state index in [4.69, 9.17) is 0 Å². The average molecular weight is 284 g/mol. The largest absolute Gasteiger partial charge is 0.300 e. The van der Waals surface area contributed by atoms with Gasteiger partial charge in [-0.2, -0.15) is 0 Å². The molecule has 1 saturated heterocycles. The van der Waals surface area contributed by atoms with Gasteiger partial charge >= 0.3 is 0 Å². The van der Waals surface area contributed by atoms with Crippen LogP contribution in [0.1, 0.15) is 75.2 Å². The predicted octanol–water partition coefficient (Wildman–Crippen LogP) is 5.46. The average Bonchev–Trinajstić information content (AvgIpc) is 2.11. The number of Topliss-reactive ketones (excluding diaryl/α,β-unsaturated/α-hetero) is 1. The highest BCUT2D eigenvalue weighted by Gasteiger charge is 2.50. The maximum absolute atomic E-state index is 12.3. The molecule has 0 radical (unpaired) electrons. The monoisotopic (exact) mass is 284 g/mol. The van der Waals surface area contributed by atoms with Crippen LogP contribution in [-0.4, -0.2) is 22.3 Å². The third kappa shape index (κ3) is 4.03. The van der Waals surface area contributed by atoms with E-state index in [1.807, 2.05) is 0 Å². The molecule has 1 aliphatic rings. The summed E-state index contributed by atoms with van der Waals surface area (Å²) in [7, 11) is -0.163. The molecule has 1 heterocycles. The van der Waals surface area contributed by atoms with Gasteiger partial charge in [0.15, 0.2) is 0 Å². The van der Waals surface area contributed by atoms with Crippen molar-refractivity contribution in [2.24, 2.45) is 10.8 Å². The minimum atomic E-state index is -0.163. The van der Waals surface area contributed by atoms with Crippen LogP contribution in [-0.2, 0) is 4.79 Å². The van der Waals surface area contributed by atoms with E-state index in [1.165, 1.54) is 0 Å². The van der Waals surface area contributed by atoms with E-state index in [-0.39, 0.29) is 18.8 Å². The molecular formula is C17H33OP. The number of rotatable bonds is 0. The van der Waals surface area contributed by atoms with Crippen LogP contribution in [0, 0.1) is 10.8 Å². The van der Waals surface area contributed by atoms with Gasteiger partial charge in [-0.25, -0.2) is 0 Å². The third-order valence-corrected chi connectivity index (χ3v) is 9.09. The van der Waals surface area contributed by atoms with Gasteiger partial charge in [0.25, 0.3) is 0 Å². The SMILES string of the molecule is CC(C)(C)[C@@H]1CC(=O)C[C@@H](C(C)(C)C)P1C(C)(C)C. The van der Waals surface area contributed by atoms with Crippen LogP contribution < -0.4 is 0 Å². The molecule has 1 nitrogen and oxygen atoms in total. The second kappa shape index (κ2) is 5.14. The minimum absolute atomic E-state index is 0.163. The first-order valence-electron chi connectivity index (χ1n) is 7.55. The lowest BCUT2D eigenvalue weighted by atomic mass is 9.84. The van der Waals surface area contributed by atoms with Gasteiger partial charge in [0, 0.05) is 12.8 Å². The molecule has 112 valence electrons. The summed E-state index contributed by atoms with van der Waals surface area (Å²) in [5.41, 5.74) is 1.60. The summed E-state index contributed by atoms with van der Waals surface area (Å²) in [6.07, 6.45) is 1.61. The summed E-state index contributed by atoms with van der Waals surface area (Å²) in [4.78, 5) is 12.3. The highest BCUT2D eigenvalue weighted by molar-refractivity contribution is 7.61. The molecular weight excluding hydrogens is 251 g/mol. The molecule has 0 saturated carbocycles. The lowest BCUT2D eigenvalue weighted by Crippen LogP contribution is -2.45. The van der Waals surface area contributed by atoms with Gasteiger partial charge in [-0.1, -0.05) is 70.2 Å². The zero-order valence-corrected chi connectivity index (χ0v) is 15.3. The molecule has 19 heavy (non-hydrogen) atoms. The molecule has 0 unspecified atom stereocenters. The Kier molecular flexibility index (Phi) is 4.64. The van der Waals surface area contributed by atoms with Crippen LogP contribution in [0.15, 0.2) is 0 Å². The van der Waals surface area contributed by atoms with E-state index in [9.17, 15) is 4.79 Å². The molecule has 0 aromatic carbocycles. The molecule has 1 aliphatic heterocycles. The quantitative estimate of drug-likeness (QED) is 0.540. The fourth-order valence-electron chi connectivity index (χ4n) is 3.31. The van der Waals surface area contributed by atoms with E-state index in [0.717, 1.165) is 12.8 Å². The van der Waals surface area contributed by atoms with Gasteiger partial charge < -0.3 is 0 Å². The van der Waals surface area contributed by atoms with E-state index in [0.29, 0.717) is 22.3 Å². The summed E-state index contributed by atoms with van der Waals surface area (Å²) in [5, 5.41) is 0.325. The Morgan fingerprint density at radius 2 is 1.11 bits per heavy atom. The van der Waals surface area contributed by atoms with Crippen molar-refractivity contribution < 1.29 is 4.79 Å². The topological polar surface area (TPSA) is 17.1 Å². The maximum atomic E-state index is 12.3. The Labute approximate surface area is 121 Å². The maximum Gasteiger partial charge on any atom is 0.134 e. The van der Waals surface area contributed by atoms with Crippen molar-refractivity contribution in [2.45, 2.75) is 91.6 Å². The third-order valence-electron chi connectivity index (χ3n) is 4.29. The Morgan fingerprint density at radius 3 is 1.32 bits per heavy atom. The van der Waals surface area contributed by atoms with Gasteiger partial charge in [0.05, 0.1) is 0 Å². The van der Waals surface area contributed by atoms with Gasteiger partial charge in [0.2, 0.25) is 0 Å². The number of carbonyl (C=O) groups excluding carboxylic acids is 1. The summed E-state index contributed by atoms with van der Waals surface area (Å²) in [6, 6.07) is 0. The Hall–Kier alpha value is 0.100. The number of hydrogen-bond donors (Lipinski definition) is 0. The van der Waals surface area contributed by atoms with Crippen molar-refractivity contribution in [1.82, 2.24) is 0 Å². The Bertz CT molecular complexity index is 312. The molecule has 1 fully saturated rings. The Balaban J connectivity index is 3.27. The van der Waals surface area contributed by atoms with Gasteiger partial charge in [-0.3, -0.25) is 4.79 Å². The first-order chi connectivity index (χ1) is 8.24. The van der Waals surface area contributed by atoms with Crippen LogP contribution >= 0.6 is 7.92 Å². The lowest BCUT2D eigenvalue weighted by molar-refractivity contribution is -0.120. The molecule has 0 amide bonds. The molecule has 0 aromatic rings. The molecule has 0 bridgehead atoms. The van der Waals surface area contributed by atoms with Gasteiger partial charge in [-0.05, 0) is 27.3 Å². The van der Waals surface area contributed by atoms with Gasteiger partial charge in [0.1, 0.15) is 5.78 Å². The minimum Gasteiger partial charge on any atom is -0.300 e. The smallest absolute Gasteiger partial charge is 0.134 e. The number of ketones is 1. The fraction of sp³-hybridized carbons (Fsp3) is 0.941. The molecule has 0 N–H and O–H groups in total. The molecule has 1 rings (SSSR count). The molecule has 0 aliphatic carbocycles. The van der Waals surface area contributed by atoms with Crippen LogP contribution in [0.25, 0.3) is 0 Å². The van der Waals surface area contributed by atoms with E-state index < -0.39 is 0 Å². The van der Waals surface area contributed by atoms with Crippen LogP contribution in [0.5, 0.6) is 0 Å². The highest BCUT2D eigenvalue weighted by Crippen LogP contribution is 2.68. The zero-order chi connectivity index (χ0) is 15.2. The molecule has 0 aromatic heterocycles. The first-order valence-corrected chi connectivity index (χ1v) is 9.03. The van der Waals surface area contributed by atoms with Crippen molar-refractivity contribution in [3.05, 3.63) is 0 Å². The summed E-state index contributed by atoms with van der Waals surface area (Å²) in [5.74, 6) is 0.489. The summed E-state index contributed by atoms with van der Waals surface area (Å²) < 4.78 is 0. The van der Waals surface area contributed by atoms with E-state index >= 15 is 0 Å². The molecule has 2 heteroatoms. The Morgan fingerprint density at radius 1 is 0.789 bits per heavy atom. The van der Waals surface area contributed by atoms with Crippen molar-refractivity contribution in [3.63, 3.8) is 0 Å². The van der Waals surface area contributed by atoms with Crippen LogP contribution in [0.3, 0.4) is 0 Å². The molecule has 2 atom stereocenters. The number of carbonyl (C=O) groups is 1. The fourth-order valence-corrected chi connectivity index (χ4v) is 8.08. The predicted molar refractivity (Wildman–Crippen MR) is 87.4 cm³/mol. The van der Waals surface area contributed by atoms with Crippen molar-refractivity contribution in [3.8, 4) is 0 Å². The second-order valence-electron chi connectivity index (χ2n) is 9.29. The van der Waals surface area contributed by atoms with Crippen molar-refractivity contribution in [1.29, 1.82) is 0 Å². The van der Waals surface area contributed by atoms with E-state index in [2.05, 4.69) is 62.3 Å². The standard InChI is InChI=1S/C17H33OP/c1-15(2,3)13-10-12(18)11-14(16(4,5)6)19(13)17(7,8)9/h13-14H,10-11H2,1-9H3/t13-,14-/m0/s1. The molecule has 0 spiro atoms. The zero-order valence-electron chi connectivity index (χ0n) is 14.4. The highest BCUT2D eigenvalue weighted by atomic mass is 31.1. The normalized spacial score (nSPS) is 27.7. The first kappa shape index (κ1) is 17.2. The second-order valence-corrected chi connectivity index (χ2v) is 12.7. The lowest BCUT2D eigenvalue weighted by Gasteiger charge is -2.54.